The number of aliphatic hydroxyl groups excluding tert-OH is 1. The third-order valence-electron chi connectivity index (χ3n) is 3.52. The second-order valence-electron chi connectivity index (χ2n) is 5.21. The van der Waals surface area contributed by atoms with Crippen LogP contribution in [0.25, 0.3) is 0 Å². The van der Waals surface area contributed by atoms with Gasteiger partial charge in [-0.2, -0.15) is 0 Å². The maximum absolute atomic E-state index is 12.1. The summed E-state index contributed by atoms with van der Waals surface area (Å²) >= 11 is 0. The molecule has 22 heavy (non-hydrogen) atoms. The van der Waals surface area contributed by atoms with E-state index in [0.717, 1.165) is 17.7 Å². The lowest BCUT2D eigenvalue weighted by molar-refractivity contribution is 0.182. The highest BCUT2D eigenvalue weighted by molar-refractivity contribution is 7.89. The third kappa shape index (κ3) is 2.99. The SMILES string of the molecule is Cn1cnc(S(=O)(=O)NC[C@@H](O)c2ccc3c(c2)CCO3)c1. The Morgan fingerprint density at radius 2 is 2.32 bits per heavy atom. The van der Waals surface area contributed by atoms with Gasteiger partial charge in [0.05, 0.1) is 19.0 Å². The molecule has 2 aromatic rings. The lowest BCUT2D eigenvalue weighted by Gasteiger charge is -2.13. The van der Waals surface area contributed by atoms with Crippen molar-refractivity contribution < 1.29 is 18.3 Å². The zero-order valence-electron chi connectivity index (χ0n) is 12.1. The molecule has 2 heterocycles. The van der Waals surface area contributed by atoms with Crippen molar-refractivity contribution in [1.29, 1.82) is 0 Å². The van der Waals surface area contributed by atoms with E-state index in [9.17, 15) is 13.5 Å². The zero-order chi connectivity index (χ0) is 15.7. The van der Waals surface area contributed by atoms with E-state index >= 15 is 0 Å². The molecule has 1 aliphatic heterocycles. The smallest absolute Gasteiger partial charge is 0.259 e. The zero-order valence-corrected chi connectivity index (χ0v) is 12.9. The van der Waals surface area contributed by atoms with Crippen molar-refractivity contribution in [2.24, 2.45) is 7.05 Å². The number of fused-ring (bicyclic) bond motifs is 1. The highest BCUT2D eigenvalue weighted by atomic mass is 32.2. The monoisotopic (exact) mass is 323 g/mol. The minimum Gasteiger partial charge on any atom is -0.493 e. The number of imidazole rings is 1. The van der Waals surface area contributed by atoms with Gasteiger partial charge in [-0.15, -0.1) is 0 Å². The Balaban J connectivity index is 1.68. The average Bonchev–Trinajstić information content (AvgIpc) is 3.12. The molecule has 0 saturated carbocycles. The molecule has 8 heteroatoms. The van der Waals surface area contributed by atoms with Crippen LogP contribution in [0.4, 0.5) is 0 Å². The van der Waals surface area contributed by atoms with Crippen LogP contribution in [0.5, 0.6) is 5.75 Å². The van der Waals surface area contributed by atoms with Crippen LogP contribution in [-0.4, -0.2) is 36.2 Å². The minimum absolute atomic E-state index is 0.0652. The summed E-state index contributed by atoms with van der Waals surface area (Å²) < 4.78 is 33.4. The van der Waals surface area contributed by atoms with Gasteiger partial charge in [-0.25, -0.2) is 18.1 Å². The molecule has 1 aromatic carbocycles. The highest BCUT2D eigenvalue weighted by Gasteiger charge is 2.20. The van der Waals surface area contributed by atoms with Crippen LogP contribution in [0.15, 0.2) is 35.7 Å². The number of nitrogens with one attached hydrogen (secondary N) is 1. The van der Waals surface area contributed by atoms with Crippen LogP contribution in [0.2, 0.25) is 0 Å². The summed E-state index contributed by atoms with van der Waals surface area (Å²) in [6, 6.07) is 5.39. The van der Waals surface area contributed by atoms with Gasteiger partial charge in [0.15, 0.2) is 5.03 Å². The third-order valence-corrected chi connectivity index (χ3v) is 4.83. The topological polar surface area (TPSA) is 93.5 Å². The van der Waals surface area contributed by atoms with Crippen LogP contribution < -0.4 is 9.46 Å². The van der Waals surface area contributed by atoms with Crippen molar-refractivity contribution in [1.82, 2.24) is 14.3 Å². The van der Waals surface area contributed by atoms with E-state index in [1.165, 1.54) is 12.5 Å². The van der Waals surface area contributed by atoms with E-state index in [0.29, 0.717) is 12.2 Å². The normalized spacial score (nSPS) is 15.4. The fourth-order valence-corrected chi connectivity index (χ4v) is 3.34. The van der Waals surface area contributed by atoms with Gasteiger partial charge in [0, 0.05) is 26.2 Å². The van der Waals surface area contributed by atoms with Crippen molar-refractivity contribution in [3.05, 3.63) is 41.9 Å². The molecule has 1 aliphatic rings. The number of ether oxygens (including phenoxy) is 1. The highest BCUT2D eigenvalue weighted by Crippen LogP contribution is 2.28. The number of nitrogens with zero attached hydrogens (tertiary/aromatic N) is 2. The first-order valence-electron chi connectivity index (χ1n) is 6.87. The molecule has 1 atom stereocenters. The van der Waals surface area contributed by atoms with Crippen molar-refractivity contribution in [3.63, 3.8) is 0 Å². The number of aromatic nitrogens is 2. The van der Waals surface area contributed by atoms with Gasteiger partial charge in [0.1, 0.15) is 5.75 Å². The first-order chi connectivity index (χ1) is 10.5. The first-order valence-corrected chi connectivity index (χ1v) is 8.35. The van der Waals surface area contributed by atoms with Gasteiger partial charge in [-0.3, -0.25) is 0 Å². The molecule has 0 unspecified atom stereocenters. The molecule has 3 rings (SSSR count). The van der Waals surface area contributed by atoms with Crippen molar-refractivity contribution in [2.45, 2.75) is 17.6 Å². The molecule has 0 aliphatic carbocycles. The fraction of sp³-hybridized carbons (Fsp3) is 0.357. The van der Waals surface area contributed by atoms with Crippen molar-refractivity contribution in [2.75, 3.05) is 13.2 Å². The number of rotatable bonds is 5. The minimum atomic E-state index is -3.72. The van der Waals surface area contributed by atoms with E-state index in [4.69, 9.17) is 4.74 Å². The number of aliphatic hydroxyl groups is 1. The van der Waals surface area contributed by atoms with Gasteiger partial charge in [0.25, 0.3) is 10.0 Å². The van der Waals surface area contributed by atoms with Gasteiger partial charge in [0.2, 0.25) is 0 Å². The molecule has 0 fully saturated rings. The summed E-state index contributed by atoms with van der Waals surface area (Å²) in [5, 5.41) is 10.1. The Hall–Kier alpha value is -1.90. The van der Waals surface area contributed by atoms with Crippen molar-refractivity contribution >= 4 is 10.0 Å². The van der Waals surface area contributed by atoms with Gasteiger partial charge in [-0.1, -0.05) is 6.07 Å². The molecular formula is C14H17N3O4S. The average molecular weight is 323 g/mol. The second-order valence-corrected chi connectivity index (χ2v) is 6.92. The molecule has 2 N–H and O–H groups in total. The van der Waals surface area contributed by atoms with E-state index in [1.54, 1.807) is 23.7 Å². The first kappa shape index (κ1) is 15.0. The van der Waals surface area contributed by atoms with E-state index in [1.807, 2.05) is 6.07 Å². The van der Waals surface area contributed by atoms with Gasteiger partial charge < -0.3 is 14.4 Å². The predicted octanol–water partition coefficient (Wildman–Crippen LogP) is 0.367. The Labute approximate surface area is 128 Å². The summed E-state index contributed by atoms with van der Waals surface area (Å²) in [6.07, 6.45) is 2.69. The van der Waals surface area contributed by atoms with Crippen LogP contribution in [-0.2, 0) is 23.5 Å². The molecule has 0 spiro atoms. The van der Waals surface area contributed by atoms with E-state index in [-0.39, 0.29) is 11.6 Å². The van der Waals surface area contributed by atoms with Crippen LogP contribution in [0.3, 0.4) is 0 Å². The standard InChI is InChI=1S/C14H17N3O4S/c1-17-8-14(15-9-17)22(19,20)16-7-12(18)10-2-3-13-11(6-10)4-5-21-13/h2-3,6,8-9,12,16,18H,4-5,7H2,1H3/t12-/m1/s1. The largest absolute Gasteiger partial charge is 0.493 e. The summed E-state index contributed by atoms with van der Waals surface area (Å²) in [6.45, 7) is 0.528. The quantitative estimate of drug-likeness (QED) is 0.829. The number of hydrogen-bond donors (Lipinski definition) is 2. The maximum Gasteiger partial charge on any atom is 0.259 e. The number of aryl methyl sites for hydroxylation is 1. The summed E-state index contributed by atoms with van der Waals surface area (Å²) in [7, 11) is -2.03. The summed E-state index contributed by atoms with van der Waals surface area (Å²) in [4.78, 5) is 3.80. The number of sulfonamides is 1. The van der Waals surface area contributed by atoms with Crippen molar-refractivity contribution in [3.8, 4) is 5.75 Å². The number of benzene rings is 1. The van der Waals surface area contributed by atoms with Gasteiger partial charge in [-0.05, 0) is 23.3 Å². The molecule has 0 saturated heterocycles. The summed E-state index contributed by atoms with van der Waals surface area (Å²) in [5.74, 6) is 0.824. The van der Waals surface area contributed by atoms with E-state index in [2.05, 4.69) is 9.71 Å². The maximum atomic E-state index is 12.1. The van der Waals surface area contributed by atoms with Crippen LogP contribution in [0, 0.1) is 0 Å². The fourth-order valence-electron chi connectivity index (χ4n) is 2.32. The molecule has 118 valence electrons. The Morgan fingerprint density at radius 1 is 1.50 bits per heavy atom. The molecule has 1 aromatic heterocycles. The summed E-state index contributed by atoms with van der Waals surface area (Å²) in [5.41, 5.74) is 1.69. The van der Waals surface area contributed by atoms with E-state index < -0.39 is 16.1 Å². The lowest BCUT2D eigenvalue weighted by atomic mass is 10.0. The molecule has 0 amide bonds. The molecule has 7 nitrogen and oxygen atoms in total. The molecular weight excluding hydrogens is 306 g/mol. The van der Waals surface area contributed by atoms with Gasteiger partial charge >= 0.3 is 0 Å². The number of hydrogen-bond acceptors (Lipinski definition) is 5. The Morgan fingerprint density at radius 3 is 3.05 bits per heavy atom. The second kappa shape index (κ2) is 5.71. The molecule has 0 radical (unpaired) electrons. The Kier molecular flexibility index (Phi) is 3.90. The van der Waals surface area contributed by atoms with Crippen LogP contribution in [0.1, 0.15) is 17.2 Å². The van der Waals surface area contributed by atoms with Crippen LogP contribution >= 0.6 is 0 Å². The predicted molar refractivity (Wildman–Crippen MR) is 79.0 cm³/mol. The Bertz CT molecular complexity index is 785. The lowest BCUT2D eigenvalue weighted by Crippen LogP contribution is -2.28. The molecule has 0 bridgehead atoms.